The molecule has 2 N–H and O–H groups in total. The van der Waals surface area contributed by atoms with Crippen molar-refractivity contribution in [2.24, 2.45) is 5.92 Å². The van der Waals surface area contributed by atoms with E-state index in [-0.39, 0.29) is 17.9 Å². The number of hydrogen-bond acceptors (Lipinski definition) is 2. The third-order valence-electron chi connectivity index (χ3n) is 3.72. The molecule has 1 aromatic carbocycles. The van der Waals surface area contributed by atoms with Gasteiger partial charge in [0.25, 0.3) is 0 Å². The first-order valence-electron chi connectivity index (χ1n) is 6.86. The van der Waals surface area contributed by atoms with Crippen molar-refractivity contribution in [1.29, 1.82) is 0 Å². The molecule has 3 nitrogen and oxygen atoms in total. The van der Waals surface area contributed by atoms with Gasteiger partial charge in [0, 0.05) is 16.4 Å². The maximum Gasteiger partial charge on any atom is 0.223 e. The molecule has 1 aliphatic rings. The minimum atomic E-state index is 0.0354. The van der Waals surface area contributed by atoms with Gasteiger partial charge in [-0.15, -0.1) is 0 Å². The summed E-state index contributed by atoms with van der Waals surface area (Å²) in [5, 5.41) is 6.50. The molecule has 3 atom stereocenters. The molecular formula is C15H21BrN2O. The zero-order chi connectivity index (χ0) is 13.8. The van der Waals surface area contributed by atoms with Gasteiger partial charge >= 0.3 is 0 Å². The molecule has 4 heteroatoms. The van der Waals surface area contributed by atoms with Crippen molar-refractivity contribution in [3.05, 3.63) is 34.3 Å². The number of hydrogen-bond donors (Lipinski definition) is 2. The number of halogens is 1. The number of amides is 1. The van der Waals surface area contributed by atoms with Gasteiger partial charge in [-0.25, -0.2) is 0 Å². The Balaban J connectivity index is 1.97. The van der Waals surface area contributed by atoms with Crippen LogP contribution in [0.1, 0.15) is 38.3 Å². The molecule has 19 heavy (non-hydrogen) atoms. The van der Waals surface area contributed by atoms with E-state index in [2.05, 4.69) is 33.5 Å². The third-order valence-corrected chi connectivity index (χ3v) is 4.45. The topological polar surface area (TPSA) is 41.1 Å². The van der Waals surface area contributed by atoms with Crippen LogP contribution < -0.4 is 10.6 Å². The number of rotatable bonds is 3. The molecule has 1 aliphatic heterocycles. The first-order valence-corrected chi connectivity index (χ1v) is 7.65. The fourth-order valence-electron chi connectivity index (χ4n) is 2.61. The van der Waals surface area contributed by atoms with Crippen LogP contribution >= 0.6 is 15.9 Å². The van der Waals surface area contributed by atoms with E-state index in [0.29, 0.717) is 6.04 Å². The normalized spacial score (nSPS) is 24.8. The molecular weight excluding hydrogens is 304 g/mol. The van der Waals surface area contributed by atoms with Crippen LogP contribution in [-0.4, -0.2) is 18.5 Å². The van der Waals surface area contributed by atoms with Crippen molar-refractivity contribution < 1.29 is 4.79 Å². The van der Waals surface area contributed by atoms with Crippen LogP contribution in [0, 0.1) is 5.92 Å². The van der Waals surface area contributed by atoms with Crippen LogP contribution in [0.2, 0.25) is 0 Å². The molecule has 0 radical (unpaired) electrons. The molecule has 0 bridgehead atoms. The van der Waals surface area contributed by atoms with E-state index in [1.165, 1.54) is 0 Å². The Bertz CT molecular complexity index is 450. The standard InChI is InChI=1S/C15H21BrN2O/c1-10-9-12(7-8-17-10)15(19)18-11(2)13-5-3-4-6-14(13)16/h3-6,10-12,17H,7-9H2,1-2H3,(H,18,19). The summed E-state index contributed by atoms with van der Waals surface area (Å²) >= 11 is 3.53. The van der Waals surface area contributed by atoms with Crippen LogP contribution in [0.15, 0.2) is 28.7 Å². The zero-order valence-electron chi connectivity index (χ0n) is 11.4. The van der Waals surface area contributed by atoms with Gasteiger partial charge in [-0.05, 0) is 44.9 Å². The van der Waals surface area contributed by atoms with Crippen molar-refractivity contribution in [2.75, 3.05) is 6.54 Å². The molecule has 1 heterocycles. The smallest absolute Gasteiger partial charge is 0.223 e. The molecule has 1 amide bonds. The van der Waals surface area contributed by atoms with E-state index in [1.54, 1.807) is 0 Å². The maximum absolute atomic E-state index is 12.3. The highest BCUT2D eigenvalue weighted by atomic mass is 79.9. The Hall–Kier alpha value is -0.870. The second-order valence-corrected chi connectivity index (χ2v) is 6.18. The molecule has 1 aromatic rings. The minimum absolute atomic E-state index is 0.0354. The van der Waals surface area contributed by atoms with Crippen LogP contribution in [0.3, 0.4) is 0 Å². The molecule has 0 aliphatic carbocycles. The number of carbonyl (C=O) groups is 1. The summed E-state index contributed by atoms with van der Waals surface area (Å²) in [5.41, 5.74) is 1.12. The quantitative estimate of drug-likeness (QED) is 0.897. The fourth-order valence-corrected chi connectivity index (χ4v) is 3.23. The first-order chi connectivity index (χ1) is 9.08. The average molecular weight is 325 g/mol. The van der Waals surface area contributed by atoms with E-state index in [1.807, 2.05) is 31.2 Å². The Kier molecular flexibility index (Phi) is 4.99. The van der Waals surface area contributed by atoms with E-state index in [4.69, 9.17) is 0 Å². The first kappa shape index (κ1) is 14.5. The lowest BCUT2D eigenvalue weighted by molar-refractivity contribution is -0.126. The minimum Gasteiger partial charge on any atom is -0.349 e. The van der Waals surface area contributed by atoms with Crippen molar-refractivity contribution in [3.63, 3.8) is 0 Å². The summed E-state index contributed by atoms with van der Waals surface area (Å²) in [6.07, 6.45) is 1.85. The number of carbonyl (C=O) groups excluding carboxylic acids is 1. The lowest BCUT2D eigenvalue weighted by Crippen LogP contribution is -2.43. The number of benzene rings is 1. The summed E-state index contributed by atoms with van der Waals surface area (Å²) in [7, 11) is 0. The van der Waals surface area contributed by atoms with E-state index < -0.39 is 0 Å². The van der Waals surface area contributed by atoms with Crippen molar-refractivity contribution >= 4 is 21.8 Å². The van der Waals surface area contributed by atoms with Gasteiger partial charge in [0.15, 0.2) is 0 Å². The third kappa shape index (κ3) is 3.80. The Morgan fingerprint density at radius 3 is 2.89 bits per heavy atom. The lowest BCUT2D eigenvalue weighted by atomic mass is 9.92. The molecule has 0 spiro atoms. The Labute approximate surface area is 123 Å². The van der Waals surface area contributed by atoms with E-state index >= 15 is 0 Å². The molecule has 2 rings (SSSR count). The highest BCUT2D eigenvalue weighted by Gasteiger charge is 2.25. The van der Waals surface area contributed by atoms with E-state index in [9.17, 15) is 4.79 Å². The second kappa shape index (κ2) is 6.53. The Morgan fingerprint density at radius 1 is 1.47 bits per heavy atom. The monoisotopic (exact) mass is 324 g/mol. The summed E-state index contributed by atoms with van der Waals surface area (Å²) in [6.45, 7) is 5.10. The summed E-state index contributed by atoms with van der Waals surface area (Å²) < 4.78 is 1.04. The van der Waals surface area contributed by atoms with Crippen LogP contribution in [0.5, 0.6) is 0 Å². The summed E-state index contributed by atoms with van der Waals surface area (Å²) in [5.74, 6) is 0.317. The van der Waals surface area contributed by atoms with Gasteiger partial charge in [-0.2, -0.15) is 0 Å². The molecule has 0 saturated carbocycles. The molecule has 3 unspecified atom stereocenters. The van der Waals surface area contributed by atoms with Gasteiger partial charge in [0.2, 0.25) is 5.91 Å². The number of piperidine rings is 1. The molecule has 1 saturated heterocycles. The van der Waals surface area contributed by atoms with Crippen LogP contribution in [0.25, 0.3) is 0 Å². The van der Waals surface area contributed by atoms with Gasteiger partial charge in [-0.3, -0.25) is 4.79 Å². The summed E-state index contributed by atoms with van der Waals surface area (Å²) in [4.78, 5) is 12.3. The summed E-state index contributed by atoms with van der Waals surface area (Å²) in [6, 6.07) is 8.49. The van der Waals surface area contributed by atoms with Gasteiger partial charge in [0.1, 0.15) is 0 Å². The highest BCUT2D eigenvalue weighted by Crippen LogP contribution is 2.24. The Morgan fingerprint density at radius 2 is 2.21 bits per heavy atom. The fraction of sp³-hybridized carbons (Fsp3) is 0.533. The van der Waals surface area contributed by atoms with E-state index in [0.717, 1.165) is 29.4 Å². The number of nitrogens with one attached hydrogen (secondary N) is 2. The molecule has 0 aromatic heterocycles. The molecule has 104 valence electrons. The SMILES string of the molecule is CC1CC(C(=O)NC(C)c2ccccc2Br)CCN1. The van der Waals surface area contributed by atoms with Crippen LogP contribution in [0.4, 0.5) is 0 Å². The maximum atomic E-state index is 12.3. The zero-order valence-corrected chi connectivity index (χ0v) is 13.0. The predicted octanol–water partition coefficient (Wildman–Crippen LogP) is 3.01. The van der Waals surface area contributed by atoms with Gasteiger partial charge in [0.05, 0.1) is 6.04 Å². The van der Waals surface area contributed by atoms with Crippen LogP contribution in [-0.2, 0) is 4.79 Å². The highest BCUT2D eigenvalue weighted by molar-refractivity contribution is 9.10. The predicted molar refractivity (Wildman–Crippen MR) is 80.9 cm³/mol. The van der Waals surface area contributed by atoms with Gasteiger partial charge < -0.3 is 10.6 Å². The lowest BCUT2D eigenvalue weighted by Gasteiger charge is -2.28. The largest absolute Gasteiger partial charge is 0.349 e. The second-order valence-electron chi connectivity index (χ2n) is 5.33. The van der Waals surface area contributed by atoms with Crippen molar-refractivity contribution in [3.8, 4) is 0 Å². The van der Waals surface area contributed by atoms with Crippen molar-refractivity contribution in [2.45, 2.75) is 38.8 Å². The molecule has 1 fully saturated rings. The average Bonchev–Trinajstić information content (AvgIpc) is 2.39. The van der Waals surface area contributed by atoms with Crippen molar-refractivity contribution in [1.82, 2.24) is 10.6 Å². The van der Waals surface area contributed by atoms with Gasteiger partial charge in [-0.1, -0.05) is 34.1 Å².